The lowest BCUT2D eigenvalue weighted by molar-refractivity contribution is -0.0348. The molecule has 0 aromatic heterocycles. The summed E-state index contributed by atoms with van der Waals surface area (Å²) in [6.07, 6.45) is 1.60. The van der Waals surface area contributed by atoms with Gasteiger partial charge in [-0.05, 0) is 58.1 Å². The largest absolute Gasteiger partial charge is 0.444 e. The van der Waals surface area contributed by atoms with Crippen molar-refractivity contribution in [2.24, 2.45) is 0 Å². The molecule has 1 amide bonds. The van der Waals surface area contributed by atoms with E-state index in [4.69, 9.17) is 4.74 Å². The van der Waals surface area contributed by atoms with Crippen LogP contribution in [0.3, 0.4) is 0 Å². The highest BCUT2D eigenvalue weighted by Gasteiger charge is 2.41. The molecule has 1 saturated heterocycles. The Balaban J connectivity index is 1.96. The molecule has 2 aromatic carbocycles. The van der Waals surface area contributed by atoms with Crippen LogP contribution in [0.2, 0.25) is 0 Å². The highest BCUT2D eigenvalue weighted by Crippen LogP contribution is 2.36. The van der Waals surface area contributed by atoms with Crippen LogP contribution in [-0.2, 0) is 4.74 Å². The van der Waals surface area contributed by atoms with Gasteiger partial charge in [0.1, 0.15) is 5.60 Å². The minimum atomic E-state index is -0.727. The highest BCUT2D eigenvalue weighted by molar-refractivity contribution is 5.69. The van der Waals surface area contributed by atoms with Gasteiger partial charge < -0.3 is 9.84 Å². The third-order valence-corrected chi connectivity index (χ3v) is 5.61. The molecule has 29 heavy (non-hydrogen) atoms. The molecular weight excluding hydrogens is 362 g/mol. The summed E-state index contributed by atoms with van der Waals surface area (Å²) in [7, 11) is 0. The normalized spacial score (nSPS) is 21.1. The average Bonchev–Trinajstić information content (AvgIpc) is 2.68. The second-order valence-corrected chi connectivity index (χ2v) is 9.02. The van der Waals surface area contributed by atoms with Crippen molar-refractivity contribution in [2.45, 2.75) is 76.7 Å². The maximum atomic E-state index is 13.0. The number of nitrogens with zero attached hydrogens (tertiary/aromatic N) is 1. The Kier molecular flexibility index (Phi) is 6.63. The molecule has 0 radical (unpaired) electrons. The van der Waals surface area contributed by atoms with Crippen molar-refractivity contribution in [1.82, 2.24) is 4.90 Å². The van der Waals surface area contributed by atoms with E-state index in [1.165, 1.54) is 0 Å². The third-order valence-electron chi connectivity index (χ3n) is 5.61. The minimum absolute atomic E-state index is 0.0328. The minimum Gasteiger partial charge on any atom is -0.444 e. The second kappa shape index (κ2) is 9.00. The van der Waals surface area contributed by atoms with Gasteiger partial charge in [-0.2, -0.15) is 0 Å². The zero-order valence-electron chi connectivity index (χ0n) is 17.9. The Hall–Kier alpha value is -2.33. The summed E-state index contributed by atoms with van der Waals surface area (Å²) >= 11 is 0. The number of carbonyl (C=O) groups is 1. The fourth-order valence-electron chi connectivity index (χ4n) is 4.32. The van der Waals surface area contributed by atoms with Crippen molar-refractivity contribution in [3.05, 3.63) is 71.8 Å². The van der Waals surface area contributed by atoms with Crippen molar-refractivity contribution in [3.63, 3.8) is 0 Å². The van der Waals surface area contributed by atoms with Gasteiger partial charge in [-0.1, -0.05) is 60.7 Å². The molecule has 0 bridgehead atoms. The van der Waals surface area contributed by atoms with Crippen molar-refractivity contribution in [2.75, 3.05) is 0 Å². The van der Waals surface area contributed by atoms with Gasteiger partial charge in [-0.15, -0.1) is 0 Å². The van der Waals surface area contributed by atoms with Crippen molar-refractivity contribution in [1.29, 1.82) is 0 Å². The number of rotatable bonds is 4. The lowest BCUT2D eigenvalue weighted by Crippen LogP contribution is -2.56. The van der Waals surface area contributed by atoms with Gasteiger partial charge >= 0.3 is 6.09 Å². The fraction of sp³-hybridized carbons (Fsp3) is 0.480. The van der Waals surface area contributed by atoms with E-state index in [1.807, 2.05) is 88.4 Å². The Morgan fingerprint density at radius 2 is 1.52 bits per heavy atom. The van der Waals surface area contributed by atoms with Crippen LogP contribution in [-0.4, -0.2) is 39.9 Å². The van der Waals surface area contributed by atoms with Gasteiger partial charge in [0.2, 0.25) is 0 Å². The summed E-state index contributed by atoms with van der Waals surface area (Å²) < 4.78 is 5.70. The number of likely N-dealkylation sites (tertiary alicyclic amines) is 1. The van der Waals surface area contributed by atoms with Crippen molar-refractivity contribution in [3.8, 4) is 0 Å². The molecule has 4 heteroatoms. The molecule has 1 N–H and O–H groups in total. The number of hydrogen-bond donors (Lipinski definition) is 1. The lowest BCUT2D eigenvalue weighted by Gasteiger charge is -2.44. The number of aliphatic hydroxyl groups is 1. The molecule has 1 fully saturated rings. The number of ether oxygens (including phenoxy) is 1. The molecular formula is C25H33NO3. The lowest BCUT2D eigenvalue weighted by atomic mass is 9.80. The predicted molar refractivity (Wildman–Crippen MR) is 116 cm³/mol. The van der Waals surface area contributed by atoms with Crippen LogP contribution in [0.15, 0.2) is 60.7 Å². The van der Waals surface area contributed by atoms with Gasteiger partial charge in [0.25, 0.3) is 0 Å². The van der Waals surface area contributed by atoms with E-state index in [0.717, 1.165) is 30.4 Å². The monoisotopic (exact) mass is 395 g/mol. The van der Waals surface area contributed by atoms with Gasteiger partial charge in [0.05, 0.1) is 12.1 Å². The Bertz CT molecular complexity index is 745. The molecule has 0 aliphatic carbocycles. The molecule has 3 atom stereocenters. The molecule has 4 nitrogen and oxygen atoms in total. The average molecular weight is 396 g/mol. The Morgan fingerprint density at radius 3 is 2.00 bits per heavy atom. The summed E-state index contributed by atoms with van der Waals surface area (Å²) in [5.41, 5.74) is 1.53. The molecule has 1 aliphatic heterocycles. The van der Waals surface area contributed by atoms with E-state index in [1.54, 1.807) is 4.90 Å². The number of piperidine rings is 1. The van der Waals surface area contributed by atoms with Gasteiger partial charge in [0, 0.05) is 12.0 Å². The van der Waals surface area contributed by atoms with E-state index in [9.17, 15) is 9.90 Å². The van der Waals surface area contributed by atoms with E-state index < -0.39 is 11.7 Å². The van der Waals surface area contributed by atoms with E-state index in [2.05, 4.69) is 0 Å². The first-order chi connectivity index (χ1) is 13.8. The molecule has 1 aliphatic rings. The topological polar surface area (TPSA) is 49.8 Å². The predicted octanol–water partition coefficient (Wildman–Crippen LogP) is 5.36. The molecule has 2 aromatic rings. The number of amides is 1. The summed E-state index contributed by atoms with van der Waals surface area (Å²) in [5.74, 6) is -0.211. The number of carbonyl (C=O) groups excluding carboxylic acids is 1. The summed E-state index contributed by atoms with van der Waals surface area (Å²) in [6, 6.07) is 19.9. The first kappa shape index (κ1) is 21.4. The summed E-state index contributed by atoms with van der Waals surface area (Å²) in [5, 5.41) is 11.6. The molecule has 156 valence electrons. The van der Waals surface area contributed by atoms with Crippen LogP contribution in [0.1, 0.15) is 64.0 Å². The SMILES string of the molecule is CC1CCCC(C(O)C(c2ccccc2)c2ccccc2)N1C(=O)OC(C)(C)C. The third kappa shape index (κ3) is 5.18. The van der Waals surface area contributed by atoms with Gasteiger partial charge in [-0.25, -0.2) is 4.79 Å². The zero-order valence-corrected chi connectivity index (χ0v) is 17.9. The van der Waals surface area contributed by atoms with Crippen molar-refractivity contribution < 1.29 is 14.6 Å². The zero-order chi connectivity index (χ0) is 21.0. The van der Waals surface area contributed by atoms with Crippen LogP contribution in [0.25, 0.3) is 0 Å². The summed E-state index contributed by atoms with van der Waals surface area (Å²) in [6.45, 7) is 7.67. The molecule has 3 rings (SSSR count). The van der Waals surface area contributed by atoms with Gasteiger partial charge in [0.15, 0.2) is 0 Å². The van der Waals surface area contributed by atoms with Crippen LogP contribution in [0.4, 0.5) is 4.79 Å². The molecule has 1 heterocycles. The van der Waals surface area contributed by atoms with E-state index in [0.29, 0.717) is 0 Å². The molecule has 0 spiro atoms. The van der Waals surface area contributed by atoms with E-state index >= 15 is 0 Å². The molecule has 0 saturated carbocycles. The Morgan fingerprint density at radius 1 is 1.00 bits per heavy atom. The van der Waals surface area contributed by atoms with Crippen LogP contribution >= 0.6 is 0 Å². The smallest absolute Gasteiger partial charge is 0.410 e. The van der Waals surface area contributed by atoms with Crippen LogP contribution in [0.5, 0.6) is 0 Å². The van der Waals surface area contributed by atoms with Crippen LogP contribution < -0.4 is 0 Å². The summed E-state index contributed by atoms with van der Waals surface area (Å²) in [4.78, 5) is 14.8. The number of aliphatic hydroxyl groups excluding tert-OH is 1. The first-order valence-electron chi connectivity index (χ1n) is 10.6. The standard InChI is InChI=1S/C25H33NO3/c1-18-12-11-17-21(26(18)24(28)29-25(2,3)4)23(27)22(19-13-7-5-8-14-19)20-15-9-6-10-16-20/h5-10,13-16,18,21-23,27H,11-12,17H2,1-4H3. The second-order valence-electron chi connectivity index (χ2n) is 9.02. The quantitative estimate of drug-likeness (QED) is 0.758. The number of hydrogen-bond acceptors (Lipinski definition) is 3. The number of benzene rings is 2. The van der Waals surface area contributed by atoms with Crippen molar-refractivity contribution >= 4 is 6.09 Å². The van der Waals surface area contributed by atoms with Crippen LogP contribution in [0, 0.1) is 0 Å². The van der Waals surface area contributed by atoms with Gasteiger partial charge in [-0.3, -0.25) is 4.90 Å². The maximum absolute atomic E-state index is 13.0. The Labute approximate surface area is 174 Å². The highest BCUT2D eigenvalue weighted by atomic mass is 16.6. The molecule has 3 unspecified atom stereocenters. The maximum Gasteiger partial charge on any atom is 0.410 e. The fourth-order valence-corrected chi connectivity index (χ4v) is 4.32. The first-order valence-corrected chi connectivity index (χ1v) is 10.6. The van der Waals surface area contributed by atoms with E-state index in [-0.39, 0.29) is 24.1 Å².